The molecule has 29 heavy (non-hydrogen) atoms. The number of aromatic nitrogens is 1. The van der Waals surface area contributed by atoms with Crippen molar-refractivity contribution in [1.29, 1.82) is 0 Å². The van der Waals surface area contributed by atoms with E-state index in [2.05, 4.69) is 10.3 Å². The van der Waals surface area contributed by atoms with Gasteiger partial charge in [-0.3, -0.25) is 9.59 Å². The van der Waals surface area contributed by atoms with Crippen LogP contribution in [0.1, 0.15) is 21.1 Å². The zero-order valence-electron chi connectivity index (χ0n) is 15.5. The molecule has 4 aromatic rings. The molecule has 0 unspecified atom stereocenters. The van der Waals surface area contributed by atoms with Crippen molar-refractivity contribution in [1.82, 2.24) is 4.98 Å². The van der Waals surface area contributed by atoms with Crippen LogP contribution in [0, 0.1) is 0 Å². The maximum atomic E-state index is 12.2. The second-order valence-electron chi connectivity index (χ2n) is 6.43. The van der Waals surface area contributed by atoms with E-state index >= 15 is 0 Å². The Hall–Kier alpha value is -3.51. The summed E-state index contributed by atoms with van der Waals surface area (Å²) in [4.78, 5) is 28.2. The molecule has 0 saturated carbocycles. The predicted octanol–water partition coefficient (Wildman–Crippen LogP) is 4.87. The van der Waals surface area contributed by atoms with Gasteiger partial charge in [-0.1, -0.05) is 48.5 Å². The number of anilines is 1. The lowest BCUT2D eigenvalue weighted by atomic mass is 10.0. The van der Waals surface area contributed by atoms with Crippen LogP contribution in [0.2, 0.25) is 0 Å². The first-order valence-corrected chi connectivity index (χ1v) is 9.99. The monoisotopic (exact) mass is 402 g/mol. The molecular weight excluding hydrogens is 384 g/mol. The van der Waals surface area contributed by atoms with Crippen molar-refractivity contribution in [2.24, 2.45) is 0 Å². The van der Waals surface area contributed by atoms with Gasteiger partial charge >= 0.3 is 0 Å². The lowest BCUT2D eigenvalue weighted by Gasteiger charge is -2.09. The van der Waals surface area contributed by atoms with Crippen LogP contribution >= 0.6 is 11.3 Å². The van der Waals surface area contributed by atoms with Gasteiger partial charge in [0.2, 0.25) is 5.91 Å². The molecular formula is C23H18N2O3S. The Morgan fingerprint density at radius 1 is 1.03 bits per heavy atom. The normalized spacial score (nSPS) is 10.6. The smallest absolute Gasteiger partial charge is 0.231 e. The number of thiazole rings is 1. The van der Waals surface area contributed by atoms with Crippen molar-refractivity contribution in [3.8, 4) is 5.75 Å². The number of para-hydroxylation sites is 1. The van der Waals surface area contributed by atoms with Crippen LogP contribution in [0.3, 0.4) is 0 Å². The van der Waals surface area contributed by atoms with E-state index in [4.69, 9.17) is 4.74 Å². The third kappa shape index (κ3) is 4.50. The highest BCUT2D eigenvalue weighted by Crippen LogP contribution is 2.27. The van der Waals surface area contributed by atoms with Gasteiger partial charge in [0, 0.05) is 11.1 Å². The van der Waals surface area contributed by atoms with Crippen molar-refractivity contribution in [3.05, 3.63) is 88.4 Å². The van der Waals surface area contributed by atoms with Crippen LogP contribution < -0.4 is 10.1 Å². The van der Waals surface area contributed by atoms with Crippen molar-refractivity contribution in [2.45, 2.75) is 13.0 Å². The molecule has 6 heteroatoms. The number of carbonyl (C=O) groups is 2. The second kappa shape index (κ2) is 8.67. The number of hydrogen-bond acceptors (Lipinski definition) is 5. The van der Waals surface area contributed by atoms with Crippen LogP contribution in [-0.2, 0) is 17.8 Å². The summed E-state index contributed by atoms with van der Waals surface area (Å²) in [6, 6.07) is 20.7. The van der Waals surface area contributed by atoms with Crippen molar-refractivity contribution < 1.29 is 14.3 Å². The molecule has 0 atom stereocenters. The third-order valence-electron chi connectivity index (χ3n) is 4.39. The van der Waals surface area contributed by atoms with Gasteiger partial charge in [0.1, 0.15) is 17.4 Å². The minimum Gasteiger partial charge on any atom is -0.486 e. The van der Waals surface area contributed by atoms with Crippen LogP contribution in [0.15, 0.2) is 72.1 Å². The number of amides is 1. The van der Waals surface area contributed by atoms with Gasteiger partial charge in [-0.2, -0.15) is 0 Å². The maximum Gasteiger partial charge on any atom is 0.231 e. The van der Waals surface area contributed by atoms with E-state index in [0.717, 1.165) is 28.4 Å². The molecule has 1 amide bonds. The predicted molar refractivity (Wildman–Crippen MR) is 115 cm³/mol. The Kier molecular flexibility index (Phi) is 5.63. The molecule has 3 aromatic carbocycles. The van der Waals surface area contributed by atoms with Gasteiger partial charge in [-0.15, -0.1) is 11.3 Å². The molecule has 4 rings (SSSR count). The number of fused-ring (bicyclic) bond motifs is 1. The van der Waals surface area contributed by atoms with Gasteiger partial charge in [-0.25, -0.2) is 4.98 Å². The summed E-state index contributed by atoms with van der Waals surface area (Å²) in [5, 5.41) is 7.28. The Morgan fingerprint density at radius 2 is 1.83 bits per heavy atom. The summed E-state index contributed by atoms with van der Waals surface area (Å²) in [6.07, 6.45) is 1.02. The van der Waals surface area contributed by atoms with Gasteiger partial charge in [0.15, 0.2) is 6.29 Å². The molecule has 0 fully saturated rings. The molecule has 1 N–H and O–H groups in total. The van der Waals surface area contributed by atoms with Gasteiger partial charge in [-0.05, 0) is 29.0 Å². The molecule has 0 spiro atoms. The highest BCUT2D eigenvalue weighted by molar-refractivity contribution is 7.09. The molecule has 1 heterocycles. The SMILES string of the molecule is O=Cc1c(OCc2csc(CC(=O)Nc3ccccc3)n2)ccc2ccccc12. The van der Waals surface area contributed by atoms with Gasteiger partial charge < -0.3 is 10.1 Å². The first kappa shape index (κ1) is 18.8. The van der Waals surface area contributed by atoms with Crippen LogP contribution in [0.4, 0.5) is 5.69 Å². The Balaban J connectivity index is 1.40. The number of benzene rings is 3. The second-order valence-corrected chi connectivity index (χ2v) is 7.37. The Morgan fingerprint density at radius 3 is 2.66 bits per heavy atom. The van der Waals surface area contributed by atoms with E-state index in [1.54, 1.807) is 6.07 Å². The minimum absolute atomic E-state index is 0.115. The topological polar surface area (TPSA) is 68.3 Å². The number of aldehydes is 1. The average molecular weight is 402 g/mol. The molecule has 0 aliphatic heterocycles. The van der Waals surface area contributed by atoms with Gasteiger partial charge in [0.25, 0.3) is 0 Å². The lowest BCUT2D eigenvalue weighted by Crippen LogP contribution is -2.14. The van der Waals surface area contributed by atoms with Crippen LogP contribution in [0.5, 0.6) is 5.75 Å². The first-order valence-electron chi connectivity index (χ1n) is 9.11. The summed E-state index contributed by atoms with van der Waals surface area (Å²) in [6.45, 7) is 0.232. The Bertz CT molecular complexity index is 1160. The molecule has 5 nitrogen and oxygen atoms in total. The average Bonchev–Trinajstić information content (AvgIpc) is 3.19. The van der Waals surface area contributed by atoms with E-state index in [9.17, 15) is 9.59 Å². The summed E-state index contributed by atoms with van der Waals surface area (Å²) in [5.74, 6) is 0.408. The number of nitrogens with one attached hydrogen (secondary N) is 1. The highest BCUT2D eigenvalue weighted by Gasteiger charge is 2.11. The Labute approximate surface area is 172 Å². The highest BCUT2D eigenvalue weighted by atomic mass is 32.1. The number of rotatable bonds is 7. The third-order valence-corrected chi connectivity index (χ3v) is 5.29. The summed E-state index contributed by atoms with van der Waals surface area (Å²) < 4.78 is 5.85. The fourth-order valence-electron chi connectivity index (χ4n) is 3.04. The number of ether oxygens (including phenoxy) is 1. The van der Waals surface area contributed by atoms with Crippen LogP contribution in [-0.4, -0.2) is 17.2 Å². The van der Waals surface area contributed by atoms with Crippen molar-refractivity contribution in [2.75, 3.05) is 5.32 Å². The fraction of sp³-hybridized carbons (Fsp3) is 0.0870. The number of carbonyl (C=O) groups excluding carboxylic acids is 2. The largest absolute Gasteiger partial charge is 0.486 e. The molecule has 1 aromatic heterocycles. The summed E-state index contributed by atoms with van der Waals surface area (Å²) in [5.41, 5.74) is 2.01. The zero-order valence-corrected chi connectivity index (χ0v) is 16.3. The number of hydrogen-bond donors (Lipinski definition) is 1. The maximum absolute atomic E-state index is 12.2. The van der Waals surface area contributed by atoms with Crippen molar-refractivity contribution in [3.63, 3.8) is 0 Å². The zero-order chi connectivity index (χ0) is 20.1. The van der Waals surface area contributed by atoms with E-state index < -0.39 is 0 Å². The molecule has 0 aliphatic carbocycles. The quantitative estimate of drug-likeness (QED) is 0.448. The van der Waals surface area contributed by atoms with Gasteiger partial charge in [0.05, 0.1) is 17.7 Å². The molecule has 0 bridgehead atoms. The van der Waals surface area contributed by atoms with E-state index in [1.807, 2.05) is 66.0 Å². The molecule has 0 aliphatic rings. The van der Waals surface area contributed by atoms with E-state index in [1.165, 1.54) is 11.3 Å². The lowest BCUT2D eigenvalue weighted by molar-refractivity contribution is -0.115. The minimum atomic E-state index is -0.115. The summed E-state index contributed by atoms with van der Waals surface area (Å²) in [7, 11) is 0. The molecule has 0 radical (unpaired) electrons. The van der Waals surface area contributed by atoms with E-state index in [0.29, 0.717) is 16.3 Å². The molecule has 0 saturated heterocycles. The standard InChI is InChI=1S/C23H18N2O3S/c26-13-20-19-9-5-4-6-16(19)10-11-21(20)28-14-18-15-29-23(25-18)12-22(27)24-17-7-2-1-3-8-17/h1-11,13,15H,12,14H2,(H,24,27). The number of nitrogens with zero attached hydrogens (tertiary/aromatic N) is 1. The summed E-state index contributed by atoms with van der Waals surface area (Å²) >= 11 is 1.41. The fourth-order valence-corrected chi connectivity index (χ4v) is 3.81. The van der Waals surface area contributed by atoms with E-state index in [-0.39, 0.29) is 18.9 Å². The van der Waals surface area contributed by atoms with Crippen LogP contribution in [0.25, 0.3) is 10.8 Å². The first-order chi connectivity index (χ1) is 14.2. The molecule has 144 valence electrons. The van der Waals surface area contributed by atoms with Crippen molar-refractivity contribution >= 4 is 40.0 Å².